The molecule has 0 bridgehead atoms. The van der Waals surface area contributed by atoms with Crippen molar-refractivity contribution in [2.24, 2.45) is 0 Å². The summed E-state index contributed by atoms with van der Waals surface area (Å²) < 4.78 is 24.5. The summed E-state index contributed by atoms with van der Waals surface area (Å²) in [6, 6.07) is 14.3. The fourth-order valence-corrected chi connectivity index (χ4v) is 2.08. The van der Waals surface area contributed by atoms with Crippen molar-refractivity contribution in [2.75, 3.05) is 13.2 Å². The van der Waals surface area contributed by atoms with Gasteiger partial charge in [-0.05, 0) is 18.2 Å². The summed E-state index contributed by atoms with van der Waals surface area (Å²) in [6.45, 7) is 0.676. The highest BCUT2D eigenvalue weighted by Crippen LogP contribution is 2.24. The Hall–Kier alpha value is -1.55. The van der Waals surface area contributed by atoms with E-state index in [1.54, 1.807) is 6.07 Å². The quantitative estimate of drug-likeness (QED) is 0.586. The van der Waals surface area contributed by atoms with E-state index in [2.05, 4.69) is 15.9 Å². The first kappa shape index (κ1) is 13.9. The highest BCUT2D eigenvalue weighted by atomic mass is 79.9. The van der Waals surface area contributed by atoms with E-state index in [9.17, 15) is 4.39 Å². The Morgan fingerprint density at radius 2 is 1.63 bits per heavy atom. The van der Waals surface area contributed by atoms with E-state index in [-0.39, 0.29) is 11.6 Å². The third-order valence-corrected chi connectivity index (χ3v) is 3.14. The number of hydrogen-bond donors (Lipinski definition) is 0. The van der Waals surface area contributed by atoms with Gasteiger partial charge in [-0.2, -0.15) is 0 Å². The Bertz CT molecular complexity index is 517. The highest BCUT2D eigenvalue weighted by molar-refractivity contribution is 9.08. The van der Waals surface area contributed by atoms with Crippen molar-refractivity contribution in [3.63, 3.8) is 0 Å². The van der Waals surface area contributed by atoms with Crippen molar-refractivity contribution in [1.29, 1.82) is 0 Å². The van der Waals surface area contributed by atoms with Crippen molar-refractivity contribution in [3.05, 3.63) is 59.9 Å². The van der Waals surface area contributed by atoms with Crippen LogP contribution in [0.4, 0.5) is 4.39 Å². The molecule has 0 amide bonds. The molecular formula is C15H14BrFO2. The molecule has 0 spiro atoms. The first-order valence-corrected chi connectivity index (χ1v) is 7.07. The van der Waals surface area contributed by atoms with Crippen molar-refractivity contribution < 1.29 is 13.9 Å². The van der Waals surface area contributed by atoms with Gasteiger partial charge in [0.05, 0.1) is 0 Å². The average molecular weight is 325 g/mol. The number of hydrogen-bond acceptors (Lipinski definition) is 2. The van der Waals surface area contributed by atoms with Gasteiger partial charge in [-0.25, -0.2) is 4.39 Å². The molecule has 0 radical (unpaired) electrons. The fraction of sp³-hybridized carbons (Fsp3) is 0.200. The van der Waals surface area contributed by atoms with Crippen LogP contribution in [0.25, 0.3) is 0 Å². The maximum absolute atomic E-state index is 13.6. The minimum absolute atomic E-state index is 0.288. The molecule has 2 aromatic rings. The van der Waals surface area contributed by atoms with E-state index in [1.807, 2.05) is 36.4 Å². The van der Waals surface area contributed by atoms with Crippen molar-refractivity contribution in [1.82, 2.24) is 0 Å². The largest absolute Gasteiger partial charge is 0.490 e. The molecule has 100 valence electrons. The van der Waals surface area contributed by atoms with Crippen LogP contribution in [0.15, 0.2) is 48.5 Å². The second-order valence-electron chi connectivity index (χ2n) is 3.87. The number of halogens is 2. The van der Waals surface area contributed by atoms with Gasteiger partial charge in [0, 0.05) is 10.9 Å². The van der Waals surface area contributed by atoms with E-state index in [4.69, 9.17) is 9.47 Å². The molecule has 2 rings (SSSR count). The predicted octanol–water partition coefficient (Wildman–Crippen LogP) is 4.18. The Balaban J connectivity index is 1.86. The molecule has 0 aromatic heterocycles. The van der Waals surface area contributed by atoms with Crippen LogP contribution in [0.5, 0.6) is 11.5 Å². The van der Waals surface area contributed by atoms with Gasteiger partial charge in [0.2, 0.25) is 0 Å². The van der Waals surface area contributed by atoms with Crippen LogP contribution in [0.3, 0.4) is 0 Å². The molecule has 0 aliphatic heterocycles. The normalized spacial score (nSPS) is 10.2. The summed E-state index contributed by atoms with van der Waals surface area (Å²) in [5.41, 5.74) is 0.791. The van der Waals surface area contributed by atoms with Crippen molar-refractivity contribution >= 4 is 15.9 Å². The number of para-hydroxylation sites is 2. The molecule has 0 saturated carbocycles. The molecular weight excluding hydrogens is 311 g/mol. The molecule has 0 aliphatic rings. The molecule has 4 heteroatoms. The maximum atomic E-state index is 13.6. The fourth-order valence-electron chi connectivity index (χ4n) is 1.64. The summed E-state index contributed by atoms with van der Waals surface area (Å²) in [5.74, 6) is 0.716. The lowest BCUT2D eigenvalue weighted by Gasteiger charge is -2.11. The second-order valence-corrected chi connectivity index (χ2v) is 4.43. The SMILES string of the molecule is Fc1cccc(CBr)c1OCCOc1ccccc1. The number of rotatable bonds is 6. The predicted molar refractivity (Wildman–Crippen MR) is 76.5 cm³/mol. The lowest BCUT2D eigenvalue weighted by molar-refractivity contribution is 0.210. The van der Waals surface area contributed by atoms with Gasteiger partial charge in [-0.3, -0.25) is 0 Å². The Morgan fingerprint density at radius 1 is 0.895 bits per heavy atom. The average Bonchev–Trinajstić information content (AvgIpc) is 2.46. The van der Waals surface area contributed by atoms with E-state index in [1.165, 1.54) is 6.07 Å². The summed E-state index contributed by atoms with van der Waals surface area (Å²) in [6.07, 6.45) is 0. The smallest absolute Gasteiger partial charge is 0.165 e. The van der Waals surface area contributed by atoms with Gasteiger partial charge in [0.1, 0.15) is 19.0 Å². The maximum Gasteiger partial charge on any atom is 0.165 e. The first-order valence-electron chi connectivity index (χ1n) is 5.95. The monoisotopic (exact) mass is 324 g/mol. The first-order chi connectivity index (χ1) is 9.31. The van der Waals surface area contributed by atoms with Gasteiger partial charge in [-0.1, -0.05) is 46.3 Å². The van der Waals surface area contributed by atoms with Crippen LogP contribution in [-0.4, -0.2) is 13.2 Å². The Kier molecular flexibility index (Phi) is 5.21. The zero-order valence-corrected chi connectivity index (χ0v) is 11.9. The third kappa shape index (κ3) is 3.96. The van der Waals surface area contributed by atoms with Crippen LogP contribution in [0.2, 0.25) is 0 Å². The minimum atomic E-state index is -0.350. The zero-order chi connectivity index (χ0) is 13.5. The van der Waals surface area contributed by atoms with Crippen LogP contribution in [0, 0.1) is 5.82 Å². The van der Waals surface area contributed by atoms with Crippen molar-refractivity contribution in [3.8, 4) is 11.5 Å². The van der Waals surface area contributed by atoms with Crippen LogP contribution in [-0.2, 0) is 5.33 Å². The Morgan fingerprint density at radius 3 is 2.37 bits per heavy atom. The molecule has 0 saturated heterocycles. The van der Waals surface area contributed by atoms with Gasteiger partial charge >= 0.3 is 0 Å². The molecule has 0 heterocycles. The molecule has 2 aromatic carbocycles. The standard InChI is InChI=1S/C15H14BrFO2/c16-11-12-5-4-8-14(17)15(12)19-10-9-18-13-6-2-1-3-7-13/h1-8H,9-11H2. The van der Waals surface area contributed by atoms with Gasteiger partial charge < -0.3 is 9.47 Å². The van der Waals surface area contributed by atoms with E-state index in [0.29, 0.717) is 18.5 Å². The van der Waals surface area contributed by atoms with E-state index in [0.717, 1.165) is 11.3 Å². The van der Waals surface area contributed by atoms with Gasteiger partial charge in [-0.15, -0.1) is 0 Å². The van der Waals surface area contributed by atoms with Gasteiger partial charge in [0.15, 0.2) is 11.6 Å². The Labute approximate surface area is 120 Å². The molecule has 0 N–H and O–H groups in total. The van der Waals surface area contributed by atoms with Crippen LogP contribution >= 0.6 is 15.9 Å². The third-order valence-electron chi connectivity index (χ3n) is 2.53. The molecule has 0 fully saturated rings. The number of ether oxygens (including phenoxy) is 2. The molecule has 0 aliphatic carbocycles. The molecule has 0 atom stereocenters. The molecule has 2 nitrogen and oxygen atoms in total. The van der Waals surface area contributed by atoms with Gasteiger partial charge in [0.25, 0.3) is 0 Å². The van der Waals surface area contributed by atoms with Crippen LogP contribution in [0.1, 0.15) is 5.56 Å². The lowest BCUT2D eigenvalue weighted by Crippen LogP contribution is -2.10. The molecule has 19 heavy (non-hydrogen) atoms. The number of alkyl halides is 1. The number of benzene rings is 2. The highest BCUT2D eigenvalue weighted by Gasteiger charge is 2.08. The lowest BCUT2D eigenvalue weighted by atomic mass is 10.2. The van der Waals surface area contributed by atoms with Crippen molar-refractivity contribution in [2.45, 2.75) is 5.33 Å². The topological polar surface area (TPSA) is 18.5 Å². The second kappa shape index (κ2) is 7.14. The summed E-state index contributed by atoms with van der Waals surface area (Å²) in [5, 5.41) is 0.555. The summed E-state index contributed by atoms with van der Waals surface area (Å²) in [7, 11) is 0. The van der Waals surface area contributed by atoms with E-state index >= 15 is 0 Å². The molecule has 0 unspecified atom stereocenters. The minimum Gasteiger partial charge on any atom is -0.490 e. The zero-order valence-electron chi connectivity index (χ0n) is 10.3. The summed E-state index contributed by atoms with van der Waals surface area (Å²) in [4.78, 5) is 0. The van der Waals surface area contributed by atoms with Crippen LogP contribution < -0.4 is 9.47 Å². The van der Waals surface area contributed by atoms with E-state index < -0.39 is 0 Å². The summed E-state index contributed by atoms with van der Waals surface area (Å²) >= 11 is 3.31.